The zero-order valence-corrected chi connectivity index (χ0v) is 32.8. The quantitative estimate of drug-likeness (QED) is 0.180. The molecule has 9 heteroatoms. The number of hydrogen-bond donors (Lipinski definition) is 0. The van der Waals surface area contributed by atoms with Crippen LogP contribution in [0.15, 0.2) is 106 Å². The van der Waals surface area contributed by atoms with Crippen LogP contribution in [0.5, 0.6) is 0 Å². The maximum atomic E-state index is 13.7. The third-order valence-corrected chi connectivity index (χ3v) is 17.7. The average molecular weight is 809 g/mol. The molecule has 0 unspecified atom stereocenters. The standard InChI is InChI=1S/C21H25.C15H8F6.C5H5.2ClH.Zr/c1-20(2,3)16-7-9-18-14(12-16)11-15-13-17(21(4,5)6)8-10-19(15)18;16-14(17,18)12-5-1-10(2-6-12)9-11-3-7-13(8-4-11)15(19,20)21;1-2-4-5-3-1;;;/h7-13H,1-6H3;1-8H;1-3H,4H2;2*1H;. The predicted molar refractivity (Wildman–Crippen MR) is 194 cm³/mol. The van der Waals surface area contributed by atoms with E-state index in [0.717, 1.165) is 38.6 Å². The van der Waals surface area contributed by atoms with E-state index in [1.165, 1.54) is 49.8 Å². The Hall–Kier alpha value is -2.73. The Balaban J connectivity index is 0.00000281. The second-order valence-corrected chi connectivity index (χ2v) is 21.1. The number of allylic oxidation sites excluding steroid dienone is 4. The first-order valence-electron chi connectivity index (χ1n) is 16.1. The van der Waals surface area contributed by atoms with Crippen molar-refractivity contribution in [3.63, 3.8) is 0 Å². The third kappa shape index (κ3) is 7.86. The van der Waals surface area contributed by atoms with Gasteiger partial charge in [-0.2, -0.15) is 0 Å². The summed E-state index contributed by atoms with van der Waals surface area (Å²) in [5.41, 5.74) is 6.52. The minimum Gasteiger partial charge on any atom is -0.147 e. The Labute approximate surface area is 310 Å². The molecule has 2 aliphatic rings. The van der Waals surface area contributed by atoms with Crippen molar-refractivity contribution < 1.29 is 47.6 Å². The Bertz CT molecular complexity index is 1850. The van der Waals surface area contributed by atoms with E-state index in [0.29, 0.717) is 17.5 Å². The van der Waals surface area contributed by atoms with Crippen LogP contribution >= 0.6 is 24.8 Å². The fourth-order valence-electron chi connectivity index (χ4n) is 6.77. The number of rotatable bonds is 4. The molecule has 0 bridgehead atoms. The summed E-state index contributed by atoms with van der Waals surface area (Å²) >= 11 is -3.37. The molecule has 4 aromatic rings. The molecule has 0 nitrogen and oxygen atoms in total. The molecule has 0 aliphatic heterocycles. The number of benzene rings is 4. The minimum absolute atomic E-state index is 0. The molecule has 0 saturated carbocycles. The van der Waals surface area contributed by atoms with Crippen molar-refractivity contribution >= 4 is 28.0 Å². The molecular formula is C41H40Cl2F6Zr. The van der Waals surface area contributed by atoms with E-state index < -0.39 is 44.7 Å². The summed E-state index contributed by atoms with van der Waals surface area (Å²) in [6, 6.07) is 23.8. The fraction of sp³-hybridized carbons (Fsp3) is 0.293. The normalized spacial score (nSPS) is 14.4. The maximum Gasteiger partial charge on any atom is -0.147 e. The zero-order chi connectivity index (χ0) is 34.8. The number of fused-ring (bicyclic) bond motifs is 3. The van der Waals surface area contributed by atoms with Gasteiger partial charge in [-0.05, 0) is 0 Å². The third-order valence-electron chi connectivity index (χ3n) is 9.42. The molecule has 2 aliphatic carbocycles. The molecule has 0 spiro atoms. The van der Waals surface area contributed by atoms with Crippen LogP contribution in [-0.4, -0.2) is 3.21 Å². The summed E-state index contributed by atoms with van der Waals surface area (Å²) in [5.74, 6) is 0. The smallest absolute Gasteiger partial charge is 0.147 e. The van der Waals surface area contributed by atoms with Crippen LogP contribution in [0.2, 0.25) is 0 Å². The second-order valence-electron chi connectivity index (χ2n) is 14.8. The Morgan fingerprint density at radius 1 is 0.560 bits per heavy atom. The van der Waals surface area contributed by atoms with Gasteiger partial charge in [0.2, 0.25) is 0 Å². The van der Waals surface area contributed by atoms with Gasteiger partial charge in [-0.15, -0.1) is 24.8 Å². The van der Waals surface area contributed by atoms with Gasteiger partial charge in [0.25, 0.3) is 0 Å². The maximum absolute atomic E-state index is 13.7. The van der Waals surface area contributed by atoms with Crippen molar-refractivity contribution in [2.75, 3.05) is 0 Å². The first-order chi connectivity index (χ1) is 22.3. The molecule has 0 fully saturated rings. The summed E-state index contributed by atoms with van der Waals surface area (Å²) in [5, 5.41) is 0. The van der Waals surface area contributed by atoms with Gasteiger partial charge in [0, 0.05) is 0 Å². The molecule has 50 heavy (non-hydrogen) atoms. The number of halogens is 8. The molecule has 4 aromatic carbocycles. The summed E-state index contributed by atoms with van der Waals surface area (Å²) < 4.78 is 84.5. The van der Waals surface area contributed by atoms with Crippen molar-refractivity contribution in [3.05, 3.63) is 151 Å². The van der Waals surface area contributed by atoms with Crippen molar-refractivity contribution in [2.45, 2.75) is 74.8 Å². The molecule has 0 heterocycles. The Kier molecular flexibility index (Phi) is 11.5. The summed E-state index contributed by atoms with van der Waals surface area (Å²) in [6.45, 7) is 13.1. The van der Waals surface area contributed by atoms with Gasteiger partial charge in [0.1, 0.15) is 0 Å². The van der Waals surface area contributed by atoms with Crippen LogP contribution in [0, 0.1) is 0 Å². The van der Waals surface area contributed by atoms with Crippen molar-refractivity contribution in [1.29, 1.82) is 0 Å². The van der Waals surface area contributed by atoms with E-state index >= 15 is 0 Å². The van der Waals surface area contributed by atoms with Crippen LogP contribution in [0.3, 0.4) is 0 Å². The van der Waals surface area contributed by atoms with Gasteiger partial charge in [-0.25, -0.2) is 0 Å². The van der Waals surface area contributed by atoms with Gasteiger partial charge in [-0.1, -0.05) is 0 Å². The zero-order valence-electron chi connectivity index (χ0n) is 28.7. The first-order valence-corrected chi connectivity index (χ1v) is 20.0. The molecule has 0 atom stereocenters. The molecule has 0 amide bonds. The van der Waals surface area contributed by atoms with Gasteiger partial charge in [0.05, 0.1) is 0 Å². The fourth-order valence-corrected chi connectivity index (χ4v) is 15.7. The van der Waals surface area contributed by atoms with Crippen LogP contribution in [-0.2, 0) is 44.4 Å². The van der Waals surface area contributed by atoms with Crippen molar-refractivity contribution in [3.8, 4) is 11.1 Å². The molecule has 0 radical (unpaired) electrons. The summed E-state index contributed by atoms with van der Waals surface area (Å²) in [4.78, 5) is 0. The Morgan fingerprint density at radius 3 is 1.26 bits per heavy atom. The van der Waals surface area contributed by atoms with E-state index in [4.69, 9.17) is 0 Å². The molecule has 6 rings (SSSR count). The first kappa shape index (κ1) is 40.0. The molecule has 0 N–H and O–H groups in total. The molecule has 0 aromatic heterocycles. The average Bonchev–Trinajstić information content (AvgIpc) is 3.64. The van der Waals surface area contributed by atoms with E-state index in [1.54, 1.807) is 0 Å². The monoisotopic (exact) mass is 806 g/mol. The van der Waals surface area contributed by atoms with Gasteiger partial charge in [0.15, 0.2) is 0 Å². The van der Waals surface area contributed by atoms with E-state index in [9.17, 15) is 26.3 Å². The van der Waals surface area contributed by atoms with Crippen LogP contribution in [0.25, 0.3) is 11.1 Å². The number of hydrogen-bond acceptors (Lipinski definition) is 0. The van der Waals surface area contributed by atoms with E-state index in [2.05, 4.69) is 90.1 Å². The topological polar surface area (TPSA) is 0 Å². The van der Waals surface area contributed by atoms with Gasteiger partial charge >= 0.3 is 288 Å². The van der Waals surface area contributed by atoms with Crippen molar-refractivity contribution in [2.24, 2.45) is 0 Å². The molecular weight excluding hydrogens is 769 g/mol. The summed E-state index contributed by atoms with van der Waals surface area (Å²) in [6.07, 6.45) is -2.05. The second kappa shape index (κ2) is 14.4. The summed E-state index contributed by atoms with van der Waals surface area (Å²) in [7, 11) is 0. The van der Waals surface area contributed by atoms with Crippen LogP contribution < -0.4 is 0 Å². The Morgan fingerprint density at radius 2 is 0.940 bits per heavy atom. The van der Waals surface area contributed by atoms with E-state index in [1.807, 2.05) is 6.08 Å². The van der Waals surface area contributed by atoms with Crippen molar-refractivity contribution in [1.82, 2.24) is 0 Å². The van der Waals surface area contributed by atoms with E-state index in [-0.39, 0.29) is 39.3 Å². The van der Waals surface area contributed by atoms with Gasteiger partial charge in [-0.3, -0.25) is 0 Å². The largest absolute Gasteiger partial charge is 0.147 e. The number of alkyl halides is 6. The molecule has 264 valence electrons. The SMILES string of the molecule is CC(C)(C)c1ccc2c(c1)[CH]([Zr]([C]1=CC=CC1)=[C](c1ccc(C(F)(F)F)cc1)c1ccc(C(F)(F)F)cc1)c1cc(C(C)(C)C)ccc1-2.Cl.Cl. The minimum atomic E-state index is -4.51. The molecule has 0 saturated heterocycles. The van der Waals surface area contributed by atoms with Gasteiger partial charge < -0.3 is 0 Å². The predicted octanol–water partition coefficient (Wildman–Crippen LogP) is 13.0. The van der Waals surface area contributed by atoms with Crippen LogP contribution in [0.4, 0.5) is 26.3 Å². The van der Waals surface area contributed by atoms with Crippen LogP contribution in [0.1, 0.15) is 96.1 Å².